The van der Waals surface area contributed by atoms with Gasteiger partial charge in [-0.1, -0.05) is 6.92 Å². The van der Waals surface area contributed by atoms with Gasteiger partial charge in [-0.3, -0.25) is 0 Å². The van der Waals surface area contributed by atoms with Gasteiger partial charge in [-0.2, -0.15) is 0 Å². The van der Waals surface area contributed by atoms with Gasteiger partial charge >= 0.3 is 0 Å². The Morgan fingerprint density at radius 2 is 1.40 bits per heavy atom. The zero-order valence-corrected chi connectivity index (χ0v) is 8.45. The Labute approximate surface area is 80.5 Å². The molecule has 0 saturated heterocycles. The molecular weight excluding hydrogens is 200 g/mol. The Kier molecular flexibility index (Phi) is 244. The Morgan fingerprint density at radius 1 is 1.10 bits per heavy atom. The van der Waals surface area contributed by atoms with E-state index in [1.54, 1.807) is 0 Å². The number of halogens is 3. The van der Waals surface area contributed by atoms with Crippen molar-refractivity contribution in [2.24, 2.45) is 0 Å². The number of hydrogen-bond acceptors (Lipinski definition) is 4. The highest BCUT2D eigenvalue weighted by atomic mass is 35.5. The molecule has 10 heavy (non-hydrogen) atoms. The van der Waals surface area contributed by atoms with Crippen molar-refractivity contribution in [2.75, 3.05) is 6.54 Å². The standard InChI is InChI=1S/C3H9NO.3ClH.2H3N/c1-2-3-4-5;;;;;/h4-5H,2-3H2,1H3;3*1H;2*1H3. The maximum Gasteiger partial charge on any atom is 0.0204 e. The second-order valence-corrected chi connectivity index (χ2v) is 0.908. The molecule has 0 heterocycles. The molecule has 4 nitrogen and oxygen atoms in total. The molecule has 0 aliphatic rings. The van der Waals surface area contributed by atoms with Gasteiger partial charge in [0.25, 0.3) is 0 Å². The van der Waals surface area contributed by atoms with E-state index in [1.165, 1.54) is 0 Å². The van der Waals surface area contributed by atoms with Crippen LogP contribution >= 0.6 is 37.2 Å². The maximum absolute atomic E-state index is 7.82. The quantitative estimate of drug-likeness (QED) is 0.532. The Bertz CT molecular complexity index is 26.5. The fraction of sp³-hybridized carbons (Fsp3) is 1.00. The van der Waals surface area contributed by atoms with Gasteiger partial charge < -0.3 is 17.5 Å². The number of hydroxylamine groups is 1. The first kappa shape index (κ1) is 45.5. The lowest BCUT2D eigenvalue weighted by Gasteiger charge is -1.83. The average molecular weight is 219 g/mol. The minimum atomic E-state index is 0. The molecule has 72 valence electrons. The van der Waals surface area contributed by atoms with Crippen molar-refractivity contribution in [1.82, 2.24) is 17.8 Å². The van der Waals surface area contributed by atoms with Crippen molar-refractivity contribution >= 4 is 37.2 Å². The first-order valence-electron chi connectivity index (χ1n) is 1.78. The molecule has 0 saturated carbocycles. The van der Waals surface area contributed by atoms with Crippen LogP contribution in [0.1, 0.15) is 13.3 Å². The first-order valence-corrected chi connectivity index (χ1v) is 1.78. The summed E-state index contributed by atoms with van der Waals surface area (Å²) in [4.78, 5) is 0. The van der Waals surface area contributed by atoms with E-state index in [-0.39, 0.29) is 49.5 Å². The highest BCUT2D eigenvalue weighted by molar-refractivity contribution is 5.86. The van der Waals surface area contributed by atoms with Crippen LogP contribution in [0.3, 0.4) is 0 Å². The van der Waals surface area contributed by atoms with Crippen LogP contribution in [0.2, 0.25) is 0 Å². The summed E-state index contributed by atoms with van der Waals surface area (Å²) in [6.07, 6.45) is 0.983. The zero-order chi connectivity index (χ0) is 4.12. The van der Waals surface area contributed by atoms with E-state index in [2.05, 4.69) is 0 Å². The lowest BCUT2D eigenvalue weighted by Crippen LogP contribution is -2.06. The zero-order valence-electron chi connectivity index (χ0n) is 6.00. The maximum atomic E-state index is 7.82. The van der Waals surface area contributed by atoms with Crippen LogP contribution in [0.5, 0.6) is 0 Å². The van der Waals surface area contributed by atoms with Gasteiger partial charge in [0.15, 0.2) is 0 Å². The van der Waals surface area contributed by atoms with Gasteiger partial charge in [0.2, 0.25) is 0 Å². The summed E-state index contributed by atoms with van der Waals surface area (Å²) in [6, 6.07) is 0. The molecule has 0 unspecified atom stereocenters. The van der Waals surface area contributed by atoms with Crippen LogP contribution in [-0.4, -0.2) is 11.8 Å². The highest BCUT2D eigenvalue weighted by Gasteiger charge is 1.66. The largest absolute Gasteiger partial charge is 0.344 e. The molecule has 0 aromatic heterocycles. The molecule has 0 fully saturated rings. The van der Waals surface area contributed by atoms with Gasteiger partial charge in [0.1, 0.15) is 0 Å². The molecule has 0 aromatic rings. The molecule has 0 aromatic carbocycles. The molecule has 0 atom stereocenters. The molecule has 0 amide bonds. The van der Waals surface area contributed by atoms with E-state index >= 15 is 0 Å². The molecule has 0 bridgehead atoms. The van der Waals surface area contributed by atoms with Crippen LogP contribution in [-0.2, 0) is 0 Å². The second kappa shape index (κ2) is 53.5. The average Bonchev–Trinajstić information content (AvgIpc) is 1.41. The smallest absolute Gasteiger partial charge is 0.0204 e. The second-order valence-electron chi connectivity index (χ2n) is 0.908. The highest BCUT2D eigenvalue weighted by Crippen LogP contribution is 1.62. The van der Waals surface area contributed by atoms with E-state index < -0.39 is 0 Å². The third-order valence-corrected chi connectivity index (χ3v) is 0.362. The first-order chi connectivity index (χ1) is 2.41. The van der Waals surface area contributed by atoms with Crippen LogP contribution in [0.25, 0.3) is 0 Å². The Hall–Kier alpha value is 0.710. The van der Waals surface area contributed by atoms with Crippen LogP contribution < -0.4 is 17.8 Å². The Morgan fingerprint density at radius 3 is 1.40 bits per heavy atom. The van der Waals surface area contributed by atoms with E-state index in [4.69, 9.17) is 5.21 Å². The van der Waals surface area contributed by atoms with Crippen molar-refractivity contribution < 1.29 is 5.21 Å². The summed E-state index contributed by atoms with van der Waals surface area (Å²) in [6.45, 7) is 2.68. The van der Waals surface area contributed by atoms with Gasteiger partial charge in [-0.05, 0) is 6.42 Å². The summed E-state index contributed by atoms with van der Waals surface area (Å²) in [5, 5.41) is 7.82. The molecule has 0 spiro atoms. The van der Waals surface area contributed by atoms with E-state index in [9.17, 15) is 0 Å². The predicted octanol–water partition coefficient (Wildman–Crippen LogP) is 1.96. The summed E-state index contributed by atoms with van der Waals surface area (Å²) < 4.78 is 0. The number of rotatable bonds is 2. The van der Waals surface area contributed by atoms with Crippen molar-refractivity contribution in [2.45, 2.75) is 13.3 Å². The fourth-order valence-electron chi connectivity index (χ4n) is 0.112. The topological polar surface area (TPSA) is 102 Å². The van der Waals surface area contributed by atoms with Crippen molar-refractivity contribution in [3.05, 3.63) is 0 Å². The third kappa shape index (κ3) is 70.5. The lowest BCUT2D eigenvalue weighted by molar-refractivity contribution is 0.167. The monoisotopic (exact) mass is 217 g/mol. The summed E-state index contributed by atoms with van der Waals surface area (Å²) in [5.74, 6) is 0. The minimum Gasteiger partial charge on any atom is -0.344 e. The lowest BCUT2D eigenvalue weighted by atomic mass is 10.5. The molecule has 8 N–H and O–H groups in total. The SMILES string of the molecule is CCCNO.Cl.Cl.Cl.N.N. The Balaban J connectivity index is -0.00000000800. The minimum absolute atomic E-state index is 0. The molecule has 0 aliphatic carbocycles. The third-order valence-electron chi connectivity index (χ3n) is 0.362. The van der Waals surface area contributed by atoms with Crippen molar-refractivity contribution in [3.63, 3.8) is 0 Å². The molecule has 0 aliphatic heterocycles. The van der Waals surface area contributed by atoms with Crippen molar-refractivity contribution in [3.8, 4) is 0 Å². The van der Waals surface area contributed by atoms with Crippen LogP contribution in [0.15, 0.2) is 0 Å². The molecule has 7 heteroatoms. The van der Waals surface area contributed by atoms with E-state index in [0.717, 1.165) is 6.42 Å². The number of nitrogens with one attached hydrogen (secondary N) is 1. The van der Waals surface area contributed by atoms with E-state index in [1.807, 2.05) is 12.4 Å². The molecule has 0 rings (SSSR count). The summed E-state index contributed by atoms with van der Waals surface area (Å²) in [5.41, 5.74) is 2.02. The molecular formula is C3H18Cl3N3O. The van der Waals surface area contributed by atoms with Gasteiger partial charge in [-0.25, -0.2) is 5.48 Å². The van der Waals surface area contributed by atoms with Crippen molar-refractivity contribution in [1.29, 1.82) is 0 Å². The van der Waals surface area contributed by atoms with Gasteiger partial charge in [-0.15, -0.1) is 37.2 Å². The van der Waals surface area contributed by atoms with Crippen LogP contribution in [0.4, 0.5) is 0 Å². The van der Waals surface area contributed by atoms with Crippen LogP contribution in [0, 0.1) is 0 Å². The summed E-state index contributed by atoms with van der Waals surface area (Å²) in [7, 11) is 0. The predicted molar refractivity (Wildman–Crippen MR) is 51.9 cm³/mol. The number of hydrogen-bond donors (Lipinski definition) is 4. The van der Waals surface area contributed by atoms with E-state index in [0.29, 0.717) is 6.54 Å². The van der Waals surface area contributed by atoms with Gasteiger partial charge in [0, 0.05) is 6.54 Å². The normalized spacial score (nSPS) is 4.20. The fourth-order valence-corrected chi connectivity index (χ4v) is 0.112. The molecule has 0 radical (unpaired) electrons. The van der Waals surface area contributed by atoms with Gasteiger partial charge in [0.05, 0.1) is 0 Å². The summed E-state index contributed by atoms with van der Waals surface area (Å²) >= 11 is 0.